The Morgan fingerprint density at radius 1 is 1.22 bits per heavy atom. The molecule has 23 heavy (non-hydrogen) atoms. The Balaban J connectivity index is 2.32. The molecule has 1 heterocycles. The molecule has 0 aliphatic heterocycles. The Hall–Kier alpha value is -2.38. The quantitative estimate of drug-likeness (QED) is 0.716. The fraction of sp³-hybridized carbons (Fsp3) is 0.0667. The van der Waals surface area contributed by atoms with E-state index in [9.17, 15) is 18.3 Å². The highest BCUT2D eigenvalue weighted by atomic mass is 35.5. The van der Waals surface area contributed by atoms with Crippen LogP contribution in [0.4, 0.5) is 0 Å². The molecule has 0 bridgehead atoms. The molecule has 0 fully saturated rings. The number of carboxylic acids is 1. The molecule has 0 spiro atoms. The van der Waals surface area contributed by atoms with Crippen LogP contribution in [0.2, 0.25) is 5.02 Å². The molecular weight excluding hydrogens is 340 g/mol. The molecule has 0 amide bonds. The van der Waals surface area contributed by atoms with Crippen LogP contribution in [-0.4, -0.2) is 23.3 Å². The van der Waals surface area contributed by atoms with Crippen LogP contribution in [0.15, 0.2) is 47.4 Å². The molecule has 8 heteroatoms. The van der Waals surface area contributed by atoms with Gasteiger partial charge in [-0.3, -0.25) is 0 Å². The van der Waals surface area contributed by atoms with E-state index in [1.165, 1.54) is 12.1 Å². The average molecular weight is 350 g/mol. The molecule has 3 rings (SSSR count). The predicted molar refractivity (Wildman–Crippen MR) is 82.8 cm³/mol. The summed E-state index contributed by atoms with van der Waals surface area (Å²) in [6.45, 7) is 1.55. The van der Waals surface area contributed by atoms with E-state index in [1.54, 1.807) is 31.2 Å². The number of fused-ring (bicyclic) bond motifs is 1. The minimum atomic E-state index is -4.11. The average Bonchev–Trinajstić information content (AvgIpc) is 2.83. The number of carbonyl (C=O) groups excluding carboxylic acids is 1. The summed E-state index contributed by atoms with van der Waals surface area (Å²) in [7, 11) is -4.11. The summed E-state index contributed by atoms with van der Waals surface area (Å²) in [5.41, 5.74) is 0.635. The summed E-state index contributed by atoms with van der Waals surface area (Å²) in [6.07, 6.45) is 0. The third kappa shape index (κ3) is 2.47. The Bertz CT molecular complexity index is 1040. The van der Waals surface area contributed by atoms with E-state index in [0.29, 0.717) is 11.0 Å². The Morgan fingerprint density at radius 3 is 2.61 bits per heavy atom. The number of aryl methyl sites for hydroxylation is 1. The van der Waals surface area contributed by atoms with Crippen LogP contribution >= 0.6 is 11.6 Å². The molecule has 0 saturated carbocycles. The molecule has 6 nitrogen and oxygen atoms in total. The number of para-hydroxylation sites is 2. The lowest BCUT2D eigenvalue weighted by atomic mass is 10.2. The first-order valence-electron chi connectivity index (χ1n) is 6.53. The van der Waals surface area contributed by atoms with Crippen LogP contribution in [0.25, 0.3) is 11.0 Å². The molecule has 1 aromatic heterocycles. The van der Waals surface area contributed by atoms with E-state index in [4.69, 9.17) is 11.6 Å². The van der Waals surface area contributed by atoms with Crippen molar-refractivity contribution in [3.63, 3.8) is 0 Å². The lowest BCUT2D eigenvalue weighted by molar-refractivity contribution is -0.255. The molecule has 0 saturated heterocycles. The standard InChI is InChI=1S/C15H11ClN2O4S/c1-9-17-12-4-2-3-5-13(12)18(9)23(21,22)14-8-10(15(19)20)6-7-11(14)16/h2-8H,1H3,(H,19,20)/p-1. The van der Waals surface area contributed by atoms with Crippen molar-refractivity contribution in [1.29, 1.82) is 0 Å². The van der Waals surface area contributed by atoms with Crippen molar-refractivity contribution < 1.29 is 18.3 Å². The van der Waals surface area contributed by atoms with Gasteiger partial charge >= 0.3 is 0 Å². The van der Waals surface area contributed by atoms with Crippen LogP contribution in [0.5, 0.6) is 0 Å². The maximum atomic E-state index is 13.0. The fourth-order valence-electron chi connectivity index (χ4n) is 2.35. The second kappa shape index (κ2) is 5.36. The van der Waals surface area contributed by atoms with Gasteiger partial charge in [-0.05, 0) is 36.8 Å². The van der Waals surface area contributed by atoms with E-state index in [2.05, 4.69) is 4.98 Å². The normalized spacial score (nSPS) is 11.7. The van der Waals surface area contributed by atoms with Gasteiger partial charge in [-0.15, -0.1) is 0 Å². The number of halogens is 1. The number of imidazole rings is 1. The molecular formula is C15H10ClN2O4S-. The van der Waals surface area contributed by atoms with Gasteiger partial charge < -0.3 is 9.90 Å². The van der Waals surface area contributed by atoms with Crippen LogP contribution < -0.4 is 5.11 Å². The number of benzene rings is 2. The molecule has 0 aliphatic rings. The van der Waals surface area contributed by atoms with Gasteiger partial charge in [-0.1, -0.05) is 29.8 Å². The monoisotopic (exact) mass is 349 g/mol. The second-order valence-electron chi connectivity index (χ2n) is 4.85. The van der Waals surface area contributed by atoms with Gasteiger partial charge in [-0.25, -0.2) is 17.4 Å². The van der Waals surface area contributed by atoms with E-state index < -0.39 is 16.0 Å². The van der Waals surface area contributed by atoms with Gasteiger partial charge in [0.05, 0.1) is 22.0 Å². The second-order valence-corrected chi connectivity index (χ2v) is 7.01. The Labute approximate surface area is 137 Å². The van der Waals surface area contributed by atoms with Crippen LogP contribution in [-0.2, 0) is 10.0 Å². The van der Waals surface area contributed by atoms with Crippen molar-refractivity contribution in [2.24, 2.45) is 0 Å². The highest BCUT2D eigenvalue weighted by Gasteiger charge is 2.25. The van der Waals surface area contributed by atoms with Gasteiger partial charge in [-0.2, -0.15) is 0 Å². The maximum absolute atomic E-state index is 13.0. The van der Waals surface area contributed by atoms with Crippen LogP contribution in [0.3, 0.4) is 0 Å². The van der Waals surface area contributed by atoms with Crippen molar-refractivity contribution in [3.8, 4) is 0 Å². The summed E-state index contributed by atoms with van der Waals surface area (Å²) in [6, 6.07) is 10.1. The zero-order valence-electron chi connectivity index (χ0n) is 11.9. The molecule has 3 aromatic rings. The van der Waals surface area contributed by atoms with Crippen molar-refractivity contribution in [3.05, 3.63) is 58.9 Å². The molecule has 2 aromatic carbocycles. The minimum absolute atomic E-state index is 0.0767. The molecule has 0 unspecified atom stereocenters. The predicted octanol–water partition coefficient (Wildman–Crippen LogP) is 1.60. The number of nitrogens with zero attached hydrogens (tertiary/aromatic N) is 2. The first kappa shape index (κ1) is 15.5. The van der Waals surface area contributed by atoms with Crippen molar-refractivity contribution in [2.75, 3.05) is 0 Å². The summed E-state index contributed by atoms with van der Waals surface area (Å²) in [4.78, 5) is 14.9. The van der Waals surface area contributed by atoms with Crippen molar-refractivity contribution in [1.82, 2.24) is 8.96 Å². The molecule has 0 radical (unpaired) electrons. The lowest BCUT2D eigenvalue weighted by Crippen LogP contribution is -2.23. The smallest absolute Gasteiger partial charge is 0.271 e. The molecule has 0 N–H and O–H groups in total. The van der Waals surface area contributed by atoms with Crippen LogP contribution in [0, 0.1) is 6.92 Å². The molecule has 0 aliphatic carbocycles. The highest BCUT2D eigenvalue weighted by molar-refractivity contribution is 7.90. The number of carbonyl (C=O) groups is 1. The first-order valence-corrected chi connectivity index (χ1v) is 8.35. The zero-order chi connectivity index (χ0) is 16.8. The number of rotatable bonds is 3. The fourth-order valence-corrected chi connectivity index (χ4v) is 4.35. The van der Waals surface area contributed by atoms with Crippen LogP contribution in [0.1, 0.15) is 16.2 Å². The number of aromatic nitrogens is 2. The summed E-state index contributed by atoms with van der Waals surface area (Å²) in [5, 5.41) is 10.9. The maximum Gasteiger partial charge on any atom is 0.271 e. The molecule has 0 atom stereocenters. The van der Waals surface area contributed by atoms with Gasteiger partial charge in [0.15, 0.2) is 0 Å². The van der Waals surface area contributed by atoms with Gasteiger partial charge in [0.25, 0.3) is 10.0 Å². The van der Waals surface area contributed by atoms with Crippen molar-refractivity contribution >= 4 is 38.6 Å². The van der Waals surface area contributed by atoms with Gasteiger partial charge in [0.2, 0.25) is 0 Å². The topological polar surface area (TPSA) is 92.1 Å². The Morgan fingerprint density at radius 2 is 1.91 bits per heavy atom. The minimum Gasteiger partial charge on any atom is -0.545 e. The number of hydrogen-bond acceptors (Lipinski definition) is 5. The lowest BCUT2D eigenvalue weighted by Gasteiger charge is -2.12. The first-order chi connectivity index (χ1) is 10.8. The van der Waals surface area contributed by atoms with E-state index in [-0.39, 0.29) is 21.3 Å². The van der Waals surface area contributed by atoms with Gasteiger partial charge in [0, 0.05) is 0 Å². The van der Waals surface area contributed by atoms with E-state index in [1.807, 2.05) is 0 Å². The van der Waals surface area contributed by atoms with E-state index >= 15 is 0 Å². The molecule has 118 valence electrons. The SMILES string of the molecule is Cc1nc2ccccc2n1S(=O)(=O)c1cc(C(=O)[O-])ccc1Cl. The summed E-state index contributed by atoms with van der Waals surface area (Å²) < 4.78 is 26.9. The number of carboxylic acid groups (broad SMARTS) is 1. The van der Waals surface area contributed by atoms with E-state index in [0.717, 1.165) is 10.0 Å². The zero-order valence-corrected chi connectivity index (χ0v) is 13.4. The third-order valence-corrected chi connectivity index (χ3v) is 5.64. The Kier molecular flexibility index (Phi) is 3.62. The van der Waals surface area contributed by atoms with Gasteiger partial charge in [0.1, 0.15) is 10.7 Å². The number of aromatic carboxylic acids is 1. The third-order valence-electron chi connectivity index (χ3n) is 3.36. The largest absolute Gasteiger partial charge is 0.545 e. The van der Waals surface area contributed by atoms with Crippen molar-refractivity contribution in [2.45, 2.75) is 11.8 Å². The highest BCUT2D eigenvalue weighted by Crippen LogP contribution is 2.28. The summed E-state index contributed by atoms with van der Waals surface area (Å²) in [5.74, 6) is -1.23. The number of hydrogen-bond donors (Lipinski definition) is 0. The summed E-state index contributed by atoms with van der Waals surface area (Å²) >= 11 is 5.98.